The molecule has 0 bridgehead atoms. The van der Waals surface area contributed by atoms with Crippen LogP contribution in [0.15, 0.2) is 18.3 Å². The molecular weight excluding hydrogens is 200 g/mol. The number of hydrogen-bond acceptors (Lipinski definition) is 3. The second-order valence-corrected chi connectivity index (χ2v) is 4.05. The van der Waals surface area contributed by atoms with Crippen molar-refractivity contribution >= 4 is 11.5 Å². The van der Waals surface area contributed by atoms with Crippen molar-refractivity contribution in [2.75, 3.05) is 11.9 Å². The van der Waals surface area contributed by atoms with E-state index in [4.69, 9.17) is 0 Å². The quantitative estimate of drug-likeness (QED) is 0.715. The number of ketones is 1. The molecule has 1 heterocycles. The van der Waals surface area contributed by atoms with Gasteiger partial charge in [0.25, 0.3) is 0 Å². The highest BCUT2D eigenvalue weighted by molar-refractivity contribution is 5.94. The van der Waals surface area contributed by atoms with Crippen LogP contribution in [0.25, 0.3) is 0 Å². The lowest BCUT2D eigenvalue weighted by molar-refractivity contribution is 0.0983. The fraction of sp³-hybridized carbons (Fsp3) is 0.538. The first-order valence-corrected chi connectivity index (χ1v) is 5.82. The van der Waals surface area contributed by atoms with E-state index in [9.17, 15) is 4.79 Å². The molecule has 1 aromatic rings. The van der Waals surface area contributed by atoms with Crippen LogP contribution in [0.5, 0.6) is 0 Å². The summed E-state index contributed by atoms with van der Waals surface area (Å²) in [7, 11) is 2.05. The number of pyridine rings is 1. The first-order chi connectivity index (χ1) is 7.60. The van der Waals surface area contributed by atoms with Crippen LogP contribution in [0.1, 0.15) is 44.1 Å². The van der Waals surface area contributed by atoms with Gasteiger partial charge in [0.15, 0.2) is 5.78 Å². The van der Waals surface area contributed by atoms with Crippen molar-refractivity contribution in [3.63, 3.8) is 0 Å². The fourth-order valence-electron chi connectivity index (χ4n) is 1.47. The molecule has 0 aliphatic carbocycles. The zero-order valence-corrected chi connectivity index (χ0v) is 10.5. The highest BCUT2D eigenvalue weighted by Crippen LogP contribution is 2.15. The molecule has 1 rings (SSSR count). The van der Waals surface area contributed by atoms with Crippen LogP contribution >= 0.6 is 0 Å². The Kier molecular flexibility index (Phi) is 4.47. The highest BCUT2D eigenvalue weighted by Gasteiger charge is 2.09. The molecule has 3 nitrogen and oxygen atoms in total. The molecular formula is C13H20N2O. The molecule has 1 aromatic heterocycles. The maximum atomic E-state index is 11.4. The maximum absolute atomic E-state index is 11.4. The van der Waals surface area contributed by atoms with E-state index < -0.39 is 0 Å². The van der Waals surface area contributed by atoms with E-state index in [0.717, 1.165) is 12.1 Å². The topological polar surface area (TPSA) is 33.2 Å². The molecule has 0 saturated carbocycles. The molecule has 3 heteroatoms. The van der Waals surface area contributed by atoms with E-state index in [1.165, 1.54) is 0 Å². The number of Topliss-reactive ketones (excluding diaryl/α,β-unsaturated/α-hetero) is 1. The molecule has 1 unspecified atom stereocenters. The first-order valence-electron chi connectivity index (χ1n) is 5.82. The third-order valence-electron chi connectivity index (χ3n) is 3.01. The molecule has 88 valence electrons. The van der Waals surface area contributed by atoms with Crippen LogP contribution in [0.3, 0.4) is 0 Å². The van der Waals surface area contributed by atoms with Gasteiger partial charge in [-0.3, -0.25) is 9.78 Å². The lowest BCUT2D eigenvalue weighted by atomic mass is 10.2. The summed E-state index contributed by atoms with van der Waals surface area (Å²) in [5, 5.41) is 0. The molecule has 16 heavy (non-hydrogen) atoms. The third-order valence-corrected chi connectivity index (χ3v) is 3.01. The number of carbonyl (C=O) groups is 1. The average Bonchev–Trinajstić information content (AvgIpc) is 2.36. The van der Waals surface area contributed by atoms with Crippen molar-refractivity contribution in [1.82, 2.24) is 4.98 Å². The summed E-state index contributed by atoms with van der Waals surface area (Å²) >= 11 is 0. The standard InChI is InChI=1S/C13H20N2O/c1-5-10(3)15(4)11-7-8-12(14-9-11)13(16)6-2/h7-10H,5-6H2,1-4H3. The van der Waals surface area contributed by atoms with Gasteiger partial charge in [-0.2, -0.15) is 0 Å². The van der Waals surface area contributed by atoms with Gasteiger partial charge >= 0.3 is 0 Å². The van der Waals surface area contributed by atoms with Crippen LogP contribution in [-0.2, 0) is 0 Å². The highest BCUT2D eigenvalue weighted by atomic mass is 16.1. The molecule has 0 aliphatic heterocycles. The Morgan fingerprint density at radius 2 is 2.12 bits per heavy atom. The number of rotatable bonds is 5. The van der Waals surface area contributed by atoms with Gasteiger partial charge in [-0.25, -0.2) is 0 Å². The zero-order valence-electron chi connectivity index (χ0n) is 10.5. The average molecular weight is 220 g/mol. The summed E-state index contributed by atoms with van der Waals surface area (Å²) in [6.45, 7) is 6.18. The Morgan fingerprint density at radius 1 is 1.44 bits per heavy atom. The monoisotopic (exact) mass is 220 g/mol. The molecule has 0 N–H and O–H groups in total. The van der Waals surface area contributed by atoms with Crippen molar-refractivity contribution in [3.8, 4) is 0 Å². The minimum atomic E-state index is 0.0951. The van der Waals surface area contributed by atoms with Crippen molar-refractivity contribution in [1.29, 1.82) is 0 Å². The van der Waals surface area contributed by atoms with Gasteiger partial charge in [-0.05, 0) is 25.5 Å². The Labute approximate surface area is 97.5 Å². The number of nitrogens with zero attached hydrogens (tertiary/aromatic N) is 2. The second kappa shape index (κ2) is 5.64. The predicted octanol–water partition coefficient (Wildman–Crippen LogP) is 2.91. The Morgan fingerprint density at radius 3 is 2.56 bits per heavy atom. The summed E-state index contributed by atoms with van der Waals surface area (Å²) < 4.78 is 0. The molecule has 0 aromatic carbocycles. The van der Waals surface area contributed by atoms with Crippen molar-refractivity contribution in [2.24, 2.45) is 0 Å². The molecule has 0 saturated heterocycles. The number of hydrogen-bond donors (Lipinski definition) is 0. The maximum Gasteiger partial charge on any atom is 0.180 e. The van der Waals surface area contributed by atoms with E-state index in [1.54, 1.807) is 12.3 Å². The van der Waals surface area contributed by atoms with Gasteiger partial charge in [0.05, 0.1) is 11.9 Å². The van der Waals surface area contributed by atoms with Crippen LogP contribution < -0.4 is 4.90 Å². The molecule has 0 aliphatic rings. The SMILES string of the molecule is CCC(=O)c1ccc(N(C)C(C)CC)cn1. The van der Waals surface area contributed by atoms with Gasteiger partial charge in [-0.15, -0.1) is 0 Å². The normalized spacial score (nSPS) is 12.2. The largest absolute Gasteiger partial charge is 0.371 e. The van der Waals surface area contributed by atoms with Crippen LogP contribution in [0.4, 0.5) is 5.69 Å². The predicted molar refractivity (Wildman–Crippen MR) is 67.0 cm³/mol. The summed E-state index contributed by atoms with van der Waals surface area (Å²) in [5.41, 5.74) is 1.62. The molecule has 0 radical (unpaired) electrons. The van der Waals surface area contributed by atoms with Gasteiger partial charge in [0, 0.05) is 19.5 Å². The molecule has 0 spiro atoms. The lowest BCUT2D eigenvalue weighted by Gasteiger charge is -2.25. The first kappa shape index (κ1) is 12.7. The number of anilines is 1. The summed E-state index contributed by atoms with van der Waals surface area (Å²) in [6, 6.07) is 4.25. The molecule has 1 atom stereocenters. The third kappa shape index (κ3) is 2.81. The van der Waals surface area contributed by atoms with E-state index in [2.05, 4.69) is 23.7 Å². The Bertz CT molecular complexity index is 345. The van der Waals surface area contributed by atoms with Gasteiger partial charge in [0.1, 0.15) is 5.69 Å². The fourth-order valence-corrected chi connectivity index (χ4v) is 1.47. The minimum Gasteiger partial charge on any atom is -0.371 e. The zero-order chi connectivity index (χ0) is 12.1. The van der Waals surface area contributed by atoms with Crippen molar-refractivity contribution in [2.45, 2.75) is 39.7 Å². The van der Waals surface area contributed by atoms with Gasteiger partial charge < -0.3 is 4.90 Å². The van der Waals surface area contributed by atoms with Gasteiger partial charge in [-0.1, -0.05) is 13.8 Å². The van der Waals surface area contributed by atoms with E-state index in [-0.39, 0.29) is 5.78 Å². The molecule has 0 amide bonds. The molecule has 0 fully saturated rings. The Balaban J connectivity index is 2.82. The number of carbonyl (C=O) groups excluding carboxylic acids is 1. The number of aromatic nitrogens is 1. The van der Waals surface area contributed by atoms with Gasteiger partial charge in [0.2, 0.25) is 0 Å². The van der Waals surface area contributed by atoms with Crippen LogP contribution in [0.2, 0.25) is 0 Å². The summed E-state index contributed by atoms with van der Waals surface area (Å²) in [4.78, 5) is 17.8. The smallest absolute Gasteiger partial charge is 0.180 e. The second-order valence-electron chi connectivity index (χ2n) is 4.05. The lowest BCUT2D eigenvalue weighted by Crippen LogP contribution is -2.28. The minimum absolute atomic E-state index is 0.0951. The summed E-state index contributed by atoms with van der Waals surface area (Å²) in [5.74, 6) is 0.0951. The summed E-state index contributed by atoms with van der Waals surface area (Å²) in [6.07, 6.45) is 3.37. The van der Waals surface area contributed by atoms with Crippen molar-refractivity contribution < 1.29 is 4.79 Å². The van der Waals surface area contributed by atoms with Crippen LogP contribution in [0, 0.1) is 0 Å². The van der Waals surface area contributed by atoms with Crippen LogP contribution in [-0.4, -0.2) is 23.9 Å². The van der Waals surface area contributed by atoms with E-state index >= 15 is 0 Å². The van der Waals surface area contributed by atoms with E-state index in [0.29, 0.717) is 18.2 Å². The Hall–Kier alpha value is -1.38. The van der Waals surface area contributed by atoms with Crippen molar-refractivity contribution in [3.05, 3.63) is 24.0 Å². The van der Waals surface area contributed by atoms with E-state index in [1.807, 2.05) is 20.0 Å².